The monoisotopic (exact) mass is 456 g/mol. The zero-order valence-corrected chi connectivity index (χ0v) is 19.2. The molecule has 0 aliphatic carbocycles. The lowest BCUT2D eigenvalue weighted by molar-refractivity contribution is -0.142. The molecule has 0 saturated carbocycles. The van der Waals surface area contributed by atoms with Crippen molar-refractivity contribution in [2.24, 2.45) is 0 Å². The van der Waals surface area contributed by atoms with Crippen LogP contribution in [0.1, 0.15) is 43.9 Å². The summed E-state index contributed by atoms with van der Waals surface area (Å²) in [5.41, 5.74) is 2.70. The lowest BCUT2D eigenvalue weighted by Gasteiger charge is -2.20. The van der Waals surface area contributed by atoms with Gasteiger partial charge in [-0.25, -0.2) is 9.59 Å². The van der Waals surface area contributed by atoms with Crippen LogP contribution < -0.4 is 10.6 Å². The number of aliphatic hydroxyl groups is 1. The molecule has 0 saturated heterocycles. The first-order chi connectivity index (χ1) is 15.5. The lowest BCUT2D eigenvalue weighted by Crippen LogP contribution is -2.44. The van der Waals surface area contributed by atoms with Gasteiger partial charge in [-0.3, -0.25) is 4.79 Å². The van der Waals surface area contributed by atoms with Gasteiger partial charge >= 0.3 is 12.1 Å². The van der Waals surface area contributed by atoms with Crippen LogP contribution in [-0.2, 0) is 32.8 Å². The number of aliphatic hydroxyl groups excluding tert-OH is 1. The third-order valence-electron chi connectivity index (χ3n) is 5.01. The van der Waals surface area contributed by atoms with E-state index in [1.807, 2.05) is 54.6 Å². The summed E-state index contributed by atoms with van der Waals surface area (Å²) in [4.78, 5) is 35.6. The molecular weight excluding hydrogens is 424 g/mol. The Kier molecular flexibility index (Phi) is 9.42. The molecule has 2 rings (SSSR count). The van der Waals surface area contributed by atoms with Gasteiger partial charge in [-0.15, -0.1) is 0 Å². The molecular formula is C25H32N2O6. The van der Waals surface area contributed by atoms with Crippen molar-refractivity contribution in [2.45, 2.75) is 57.8 Å². The van der Waals surface area contributed by atoms with Crippen molar-refractivity contribution in [3.63, 3.8) is 0 Å². The number of amides is 2. The second-order valence-corrected chi connectivity index (χ2v) is 8.91. The summed E-state index contributed by atoms with van der Waals surface area (Å²) in [6.07, 6.45) is -2.15. The fourth-order valence-electron chi connectivity index (χ4n) is 3.09. The van der Waals surface area contributed by atoms with E-state index in [0.717, 1.165) is 16.7 Å². The maximum atomic E-state index is 12.2. The average Bonchev–Trinajstić information content (AvgIpc) is 2.76. The van der Waals surface area contributed by atoms with E-state index in [1.54, 1.807) is 0 Å². The Balaban J connectivity index is 1.77. The summed E-state index contributed by atoms with van der Waals surface area (Å²) in [6.45, 7) is 6.15. The maximum Gasteiger partial charge on any atom is 0.407 e. The van der Waals surface area contributed by atoms with Crippen LogP contribution in [0.15, 0.2) is 54.6 Å². The van der Waals surface area contributed by atoms with Gasteiger partial charge in [0.2, 0.25) is 5.91 Å². The largest absolute Gasteiger partial charge is 0.480 e. The Labute approximate surface area is 194 Å². The SMILES string of the molecule is CC(C)(C)c1ccc(C[C@H](NC(=O)C[C@@H](O)CNC(=O)OCc2ccccc2)C(=O)O)cc1. The molecule has 8 heteroatoms. The molecule has 4 N–H and O–H groups in total. The minimum Gasteiger partial charge on any atom is -0.480 e. The molecule has 33 heavy (non-hydrogen) atoms. The van der Waals surface area contributed by atoms with Crippen molar-refractivity contribution >= 4 is 18.0 Å². The molecule has 0 radical (unpaired) electrons. The molecule has 0 fully saturated rings. The van der Waals surface area contributed by atoms with Crippen LogP contribution in [0, 0.1) is 0 Å². The van der Waals surface area contributed by atoms with Crippen molar-refractivity contribution in [3.8, 4) is 0 Å². The Morgan fingerprint density at radius 1 is 0.970 bits per heavy atom. The van der Waals surface area contributed by atoms with Crippen LogP contribution in [-0.4, -0.2) is 46.9 Å². The smallest absolute Gasteiger partial charge is 0.407 e. The summed E-state index contributed by atoms with van der Waals surface area (Å²) >= 11 is 0. The van der Waals surface area contributed by atoms with Crippen LogP contribution in [0.3, 0.4) is 0 Å². The molecule has 0 spiro atoms. The van der Waals surface area contributed by atoms with E-state index in [9.17, 15) is 24.6 Å². The molecule has 2 atom stereocenters. The van der Waals surface area contributed by atoms with Gasteiger partial charge < -0.3 is 25.6 Å². The molecule has 2 amide bonds. The number of carboxylic acids is 1. The van der Waals surface area contributed by atoms with Gasteiger partial charge in [0, 0.05) is 13.0 Å². The van der Waals surface area contributed by atoms with Crippen molar-refractivity contribution in [2.75, 3.05) is 6.54 Å². The molecule has 2 aromatic rings. The Morgan fingerprint density at radius 3 is 2.18 bits per heavy atom. The second kappa shape index (κ2) is 12.0. The van der Waals surface area contributed by atoms with E-state index < -0.39 is 30.1 Å². The van der Waals surface area contributed by atoms with Crippen LogP contribution in [0.4, 0.5) is 4.79 Å². The first kappa shape index (κ1) is 25.9. The standard InChI is InChI=1S/C25H32N2O6/c1-25(2,3)19-11-9-17(10-12-19)13-21(23(30)31)27-22(29)14-20(28)15-26-24(32)33-16-18-7-5-4-6-8-18/h4-12,20-21,28H,13-16H2,1-3H3,(H,26,32)(H,27,29)(H,30,31)/t20-,21+/m1/s1. The summed E-state index contributed by atoms with van der Waals surface area (Å²) in [5.74, 6) is -1.79. The number of ether oxygens (including phenoxy) is 1. The van der Waals surface area contributed by atoms with Crippen LogP contribution >= 0.6 is 0 Å². The summed E-state index contributed by atoms with van der Waals surface area (Å²) in [5, 5.41) is 24.3. The van der Waals surface area contributed by atoms with Gasteiger partial charge in [0.15, 0.2) is 0 Å². The highest BCUT2D eigenvalue weighted by molar-refractivity contribution is 5.84. The van der Waals surface area contributed by atoms with Gasteiger partial charge in [-0.05, 0) is 22.1 Å². The fourth-order valence-corrected chi connectivity index (χ4v) is 3.09. The molecule has 2 aromatic carbocycles. The first-order valence-corrected chi connectivity index (χ1v) is 10.8. The molecule has 0 unspecified atom stereocenters. The summed E-state index contributed by atoms with van der Waals surface area (Å²) in [7, 11) is 0. The molecule has 0 aliphatic rings. The van der Waals surface area contributed by atoms with Gasteiger partial charge in [-0.1, -0.05) is 75.4 Å². The van der Waals surface area contributed by atoms with Gasteiger partial charge in [0.05, 0.1) is 12.5 Å². The summed E-state index contributed by atoms with van der Waals surface area (Å²) in [6, 6.07) is 15.6. The number of carbonyl (C=O) groups excluding carboxylic acids is 2. The molecule has 0 bridgehead atoms. The Morgan fingerprint density at radius 2 is 1.61 bits per heavy atom. The normalized spacial score (nSPS) is 13.0. The van der Waals surface area contributed by atoms with Crippen LogP contribution in [0.2, 0.25) is 0 Å². The lowest BCUT2D eigenvalue weighted by atomic mass is 9.86. The quantitative estimate of drug-likeness (QED) is 0.436. The molecule has 0 aromatic heterocycles. The number of benzene rings is 2. The van der Waals surface area contributed by atoms with Gasteiger partial charge in [0.1, 0.15) is 12.6 Å². The minimum atomic E-state index is -1.19. The van der Waals surface area contributed by atoms with Crippen molar-refractivity contribution in [3.05, 3.63) is 71.3 Å². The van der Waals surface area contributed by atoms with Crippen molar-refractivity contribution < 1.29 is 29.3 Å². The average molecular weight is 457 g/mol. The first-order valence-electron chi connectivity index (χ1n) is 10.8. The number of carbonyl (C=O) groups is 3. The number of hydrogen-bond acceptors (Lipinski definition) is 5. The summed E-state index contributed by atoms with van der Waals surface area (Å²) < 4.78 is 5.04. The van der Waals surface area contributed by atoms with Crippen LogP contribution in [0.5, 0.6) is 0 Å². The number of aliphatic carboxylic acids is 1. The van der Waals surface area contributed by atoms with E-state index >= 15 is 0 Å². The highest BCUT2D eigenvalue weighted by Crippen LogP contribution is 2.22. The number of alkyl carbamates (subject to hydrolysis) is 1. The van der Waals surface area contributed by atoms with Gasteiger partial charge in [-0.2, -0.15) is 0 Å². The fraction of sp³-hybridized carbons (Fsp3) is 0.400. The predicted octanol–water partition coefficient (Wildman–Crippen LogP) is 2.77. The molecule has 0 heterocycles. The Bertz CT molecular complexity index is 922. The number of nitrogens with one attached hydrogen (secondary N) is 2. The zero-order valence-electron chi connectivity index (χ0n) is 19.2. The molecule has 0 aliphatic heterocycles. The maximum absolute atomic E-state index is 12.2. The van der Waals surface area contributed by atoms with E-state index in [1.165, 1.54) is 0 Å². The van der Waals surface area contributed by atoms with E-state index in [0.29, 0.717) is 0 Å². The molecule has 8 nitrogen and oxygen atoms in total. The number of rotatable bonds is 10. The van der Waals surface area contributed by atoms with E-state index in [2.05, 4.69) is 31.4 Å². The molecule has 178 valence electrons. The second-order valence-electron chi connectivity index (χ2n) is 8.91. The van der Waals surface area contributed by atoms with Gasteiger partial charge in [0.25, 0.3) is 0 Å². The minimum absolute atomic E-state index is 0.0168. The number of hydrogen-bond donors (Lipinski definition) is 4. The third kappa shape index (κ3) is 9.33. The predicted molar refractivity (Wildman–Crippen MR) is 124 cm³/mol. The van der Waals surface area contributed by atoms with Crippen molar-refractivity contribution in [1.82, 2.24) is 10.6 Å². The van der Waals surface area contributed by atoms with E-state index in [4.69, 9.17) is 4.74 Å². The highest BCUT2D eigenvalue weighted by Gasteiger charge is 2.22. The van der Waals surface area contributed by atoms with E-state index in [-0.39, 0.29) is 31.4 Å². The zero-order chi connectivity index (χ0) is 24.4. The Hall–Kier alpha value is -3.39. The number of carboxylic acid groups (broad SMARTS) is 1. The topological polar surface area (TPSA) is 125 Å². The van der Waals surface area contributed by atoms with Crippen molar-refractivity contribution in [1.29, 1.82) is 0 Å². The highest BCUT2D eigenvalue weighted by atomic mass is 16.5. The third-order valence-corrected chi connectivity index (χ3v) is 5.01. The van der Waals surface area contributed by atoms with Crippen LogP contribution in [0.25, 0.3) is 0 Å².